The number of pyridine rings is 2. The Hall–Kier alpha value is -3.15. The summed E-state index contributed by atoms with van der Waals surface area (Å²) in [5.41, 5.74) is 3.15. The zero-order valence-corrected chi connectivity index (χ0v) is 16.2. The van der Waals surface area contributed by atoms with E-state index in [1.807, 2.05) is 43.5 Å². The lowest BCUT2D eigenvalue weighted by molar-refractivity contribution is 0.0950. The van der Waals surface area contributed by atoms with E-state index in [2.05, 4.69) is 26.3 Å². The van der Waals surface area contributed by atoms with E-state index in [1.54, 1.807) is 7.11 Å². The molecule has 3 aromatic rings. The zero-order valence-electron chi connectivity index (χ0n) is 16.2. The molecule has 1 fully saturated rings. The van der Waals surface area contributed by atoms with Gasteiger partial charge in [-0.05, 0) is 55.7 Å². The van der Waals surface area contributed by atoms with E-state index in [1.165, 1.54) is 12.8 Å². The van der Waals surface area contributed by atoms with E-state index in [0.29, 0.717) is 17.8 Å². The van der Waals surface area contributed by atoms with Gasteiger partial charge in [-0.1, -0.05) is 0 Å². The number of carbonyl (C=O) groups excluding carboxylic acids is 1. The van der Waals surface area contributed by atoms with E-state index in [-0.39, 0.29) is 5.91 Å². The van der Waals surface area contributed by atoms with Crippen molar-refractivity contribution in [3.63, 3.8) is 0 Å². The fraction of sp³-hybridized carbons (Fsp3) is 0.318. The Morgan fingerprint density at radius 1 is 1.18 bits per heavy atom. The first-order valence-electron chi connectivity index (χ1n) is 9.57. The molecule has 0 unspecified atom stereocenters. The van der Waals surface area contributed by atoms with Crippen LogP contribution in [0.1, 0.15) is 34.5 Å². The Kier molecular flexibility index (Phi) is 5.10. The number of hydrogen-bond acceptors (Lipinski definition) is 5. The van der Waals surface area contributed by atoms with Crippen molar-refractivity contribution in [1.29, 1.82) is 0 Å². The Balaban J connectivity index is 1.49. The number of rotatable bonds is 5. The molecule has 0 bridgehead atoms. The van der Waals surface area contributed by atoms with E-state index < -0.39 is 0 Å². The molecule has 0 atom stereocenters. The second-order valence-corrected chi connectivity index (χ2v) is 7.08. The minimum atomic E-state index is -0.123. The van der Waals surface area contributed by atoms with Crippen LogP contribution in [0.5, 0.6) is 5.75 Å². The predicted octanol–water partition coefficient (Wildman–Crippen LogP) is 3.48. The average Bonchev–Trinajstić information content (AvgIpc) is 3.26. The van der Waals surface area contributed by atoms with Crippen LogP contribution in [0.3, 0.4) is 0 Å². The lowest BCUT2D eigenvalue weighted by Gasteiger charge is -2.17. The lowest BCUT2D eigenvalue weighted by Crippen LogP contribution is -2.24. The molecular formula is C22H24N4O2. The Morgan fingerprint density at radius 3 is 2.79 bits per heavy atom. The summed E-state index contributed by atoms with van der Waals surface area (Å²) in [7, 11) is 1.63. The van der Waals surface area contributed by atoms with Crippen LogP contribution in [0, 0.1) is 6.92 Å². The first kappa shape index (κ1) is 18.2. The second kappa shape index (κ2) is 7.84. The fourth-order valence-corrected chi connectivity index (χ4v) is 3.57. The molecule has 6 nitrogen and oxygen atoms in total. The third-order valence-electron chi connectivity index (χ3n) is 5.15. The first-order chi connectivity index (χ1) is 13.6. The highest BCUT2D eigenvalue weighted by molar-refractivity contribution is 5.98. The highest BCUT2D eigenvalue weighted by Gasteiger charge is 2.15. The molecule has 4 rings (SSSR count). The van der Waals surface area contributed by atoms with Gasteiger partial charge < -0.3 is 15.0 Å². The molecule has 0 aliphatic carbocycles. The molecule has 1 aliphatic heterocycles. The molecular weight excluding hydrogens is 352 g/mol. The third kappa shape index (κ3) is 3.76. The van der Waals surface area contributed by atoms with Crippen molar-refractivity contribution in [1.82, 2.24) is 15.3 Å². The van der Waals surface area contributed by atoms with E-state index in [4.69, 9.17) is 4.74 Å². The summed E-state index contributed by atoms with van der Waals surface area (Å²) in [4.78, 5) is 24.1. The van der Waals surface area contributed by atoms with Gasteiger partial charge >= 0.3 is 0 Å². The molecule has 0 spiro atoms. The number of nitrogens with one attached hydrogen (secondary N) is 1. The number of carbonyl (C=O) groups is 1. The third-order valence-corrected chi connectivity index (χ3v) is 5.15. The molecule has 28 heavy (non-hydrogen) atoms. The zero-order chi connectivity index (χ0) is 19.5. The van der Waals surface area contributed by atoms with Gasteiger partial charge in [0.1, 0.15) is 11.6 Å². The first-order valence-corrected chi connectivity index (χ1v) is 9.57. The molecule has 1 aliphatic rings. The fourth-order valence-electron chi connectivity index (χ4n) is 3.57. The smallest absolute Gasteiger partial charge is 0.253 e. The summed E-state index contributed by atoms with van der Waals surface area (Å²) in [6.07, 6.45) is 4.23. The molecule has 0 saturated carbocycles. The molecule has 2 aromatic heterocycles. The van der Waals surface area contributed by atoms with Gasteiger partial charge in [0.25, 0.3) is 5.91 Å². The number of aromatic nitrogens is 2. The van der Waals surface area contributed by atoms with Crippen molar-refractivity contribution in [2.75, 3.05) is 25.1 Å². The number of amides is 1. The van der Waals surface area contributed by atoms with Crippen molar-refractivity contribution in [3.8, 4) is 5.75 Å². The number of nitrogens with zero attached hydrogens (tertiary/aromatic N) is 3. The molecule has 3 heterocycles. The van der Waals surface area contributed by atoms with Gasteiger partial charge in [-0.3, -0.25) is 9.78 Å². The maximum atomic E-state index is 12.7. The van der Waals surface area contributed by atoms with Gasteiger partial charge in [0.15, 0.2) is 0 Å². The maximum absolute atomic E-state index is 12.7. The minimum Gasteiger partial charge on any atom is -0.497 e. The van der Waals surface area contributed by atoms with Gasteiger partial charge in [0.05, 0.1) is 23.9 Å². The number of aryl methyl sites for hydroxylation is 1. The topological polar surface area (TPSA) is 67.3 Å². The second-order valence-electron chi connectivity index (χ2n) is 7.08. The Bertz CT molecular complexity index is 1010. The average molecular weight is 376 g/mol. The van der Waals surface area contributed by atoms with Crippen LogP contribution in [0.25, 0.3) is 10.9 Å². The summed E-state index contributed by atoms with van der Waals surface area (Å²) in [5.74, 6) is 1.62. The normalized spacial score (nSPS) is 13.7. The summed E-state index contributed by atoms with van der Waals surface area (Å²) in [6.45, 7) is 4.42. The van der Waals surface area contributed by atoms with Gasteiger partial charge in [0.2, 0.25) is 0 Å². The van der Waals surface area contributed by atoms with Gasteiger partial charge in [-0.25, -0.2) is 4.98 Å². The number of methoxy groups -OCH3 is 1. The molecule has 144 valence electrons. The number of fused-ring (bicyclic) bond motifs is 1. The van der Waals surface area contributed by atoms with Crippen LogP contribution in [-0.2, 0) is 6.54 Å². The number of hydrogen-bond donors (Lipinski definition) is 1. The largest absolute Gasteiger partial charge is 0.497 e. The van der Waals surface area contributed by atoms with E-state index in [0.717, 1.165) is 41.1 Å². The van der Waals surface area contributed by atoms with Crippen molar-refractivity contribution < 1.29 is 9.53 Å². The van der Waals surface area contributed by atoms with Crippen molar-refractivity contribution in [2.45, 2.75) is 26.3 Å². The van der Waals surface area contributed by atoms with Gasteiger partial charge in [-0.2, -0.15) is 0 Å². The lowest BCUT2D eigenvalue weighted by atomic mass is 10.1. The number of benzene rings is 1. The standard InChI is InChI=1S/C22H24N4O2/c1-15-19(12-17-5-6-18(28-2)13-20(17)25-15)22(27)24-14-16-7-8-23-21(11-16)26-9-3-4-10-26/h5-8,11-13H,3-4,9-10,14H2,1-2H3,(H,24,27). The van der Waals surface area contributed by atoms with Crippen LogP contribution in [0.15, 0.2) is 42.6 Å². The highest BCUT2D eigenvalue weighted by Crippen LogP contribution is 2.22. The van der Waals surface area contributed by atoms with Crippen molar-refractivity contribution in [2.24, 2.45) is 0 Å². The Labute approximate surface area is 164 Å². The van der Waals surface area contributed by atoms with Crippen LogP contribution in [0.2, 0.25) is 0 Å². The van der Waals surface area contributed by atoms with Crippen molar-refractivity contribution >= 4 is 22.6 Å². The van der Waals surface area contributed by atoms with Crippen LogP contribution >= 0.6 is 0 Å². The molecule has 1 N–H and O–H groups in total. The number of ether oxygens (including phenoxy) is 1. The van der Waals surface area contributed by atoms with Crippen molar-refractivity contribution in [3.05, 3.63) is 59.4 Å². The van der Waals surface area contributed by atoms with Gasteiger partial charge in [-0.15, -0.1) is 0 Å². The highest BCUT2D eigenvalue weighted by atomic mass is 16.5. The monoisotopic (exact) mass is 376 g/mol. The van der Waals surface area contributed by atoms with E-state index in [9.17, 15) is 4.79 Å². The van der Waals surface area contributed by atoms with E-state index >= 15 is 0 Å². The number of anilines is 1. The molecule has 0 radical (unpaired) electrons. The predicted molar refractivity (Wildman–Crippen MR) is 110 cm³/mol. The maximum Gasteiger partial charge on any atom is 0.253 e. The quantitative estimate of drug-likeness (QED) is 0.738. The van der Waals surface area contributed by atoms with Crippen LogP contribution in [0.4, 0.5) is 5.82 Å². The van der Waals surface area contributed by atoms with Gasteiger partial charge in [0, 0.05) is 37.3 Å². The summed E-state index contributed by atoms with van der Waals surface area (Å²) in [6, 6.07) is 11.6. The SMILES string of the molecule is COc1ccc2cc(C(=O)NCc3ccnc(N4CCCC4)c3)c(C)nc2c1. The minimum absolute atomic E-state index is 0.123. The summed E-state index contributed by atoms with van der Waals surface area (Å²) >= 11 is 0. The summed E-state index contributed by atoms with van der Waals surface area (Å²) in [5, 5.41) is 3.92. The van der Waals surface area contributed by atoms with Crippen LogP contribution < -0.4 is 15.0 Å². The molecule has 1 saturated heterocycles. The molecule has 6 heteroatoms. The Morgan fingerprint density at radius 2 is 2.00 bits per heavy atom. The molecule has 1 amide bonds. The van der Waals surface area contributed by atoms with Crippen LogP contribution in [-0.4, -0.2) is 36.1 Å². The summed E-state index contributed by atoms with van der Waals surface area (Å²) < 4.78 is 5.25. The molecule has 1 aromatic carbocycles.